The molecule has 3 rings (SSSR count). The number of halogens is 5. The van der Waals surface area contributed by atoms with Crippen molar-refractivity contribution in [1.82, 2.24) is 9.36 Å². The zero-order valence-corrected chi connectivity index (χ0v) is 18.7. The molecule has 1 amide bonds. The Balaban J connectivity index is 0.00000363. The predicted molar refractivity (Wildman–Crippen MR) is 120 cm³/mol. The van der Waals surface area contributed by atoms with Crippen LogP contribution in [0.1, 0.15) is 10.5 Å². The van der Waals surface area contributed by atoms with Crippen molar-refractivity contribution < 1.29 is 22.7 Å². The maximum absolute atomic E-state index is 14.4. The van der Waals surface area contributed by atoms with Crippen molar-refractivity contribution >= 4 is 52.8 Å². The minimum Gasteiger partial charge on any atom is -0.481 e. The lowest BCUT2D eigenvalue weighted by Crippen LogP contribution is -2.23. The first-order valence-corrected chi connectivity index (χ1v) is 10.2. The van der Waals surface area contributed by atoms with Crippen LogP contribution in [0, 0.1) is 23.4 Å². The second-order valence-electron chi connectivity index (χ2n) is 6.40. The van der Waals surface area contributed by atoms with E-state index < -0.39 is 40.3 Å². The Kier molecular flexibility index (Phi) is 9.08. The van der Waals surface area contributed by atoms with Gasteiger partial charge in [-0.05, 0) is 18.7 Å². The number of aromatic nitrogens is 2. The van der Waals surface area contributed by atoms with Gasteiger partial charge in [0, 0.05) is 29.4 Å². The van der Waals surface area contributed by atoms with E-state index >= 15 is 0 Å². The Morgan fingerprint density at radius 1 is 1.25 bits per heavy atom. The highest BCUT2D eigenvalue weighted by atomic mass is 35.5. The third-order valence-corrected chi connectivity index (χ3v) is 5.36. The third kappa shape index (κ3) is 5.60. The summed E-state index contributed by atoms with van der Waals surface area (Å²) in [5.41, 5.74) is 9.40. The first kappa shape index (κ1) is 25.7. The van der Waals surface area contributed by atoms with Gasteiger partial charge in [-0.15, -0.1) is 24.0 Å². The molecule has 0 aliphatic carbocycles. The van der Waals surface area contributed by atoms with Gasteiger partial charge in [-0.1, -0.05) is 6.07 Å². The number of ether oxygens (including phenoxy) is 1. The monoisotopic (exact) mass is 507 g/mol. The van der Waals surface area contributed by atoms with Crippen LogP contribution in [-0.4, -0.2) is 34.3 Å². The lowest BCUT2D eigenvalue weighted by atomic mass is 10.1. The molecule has 13 heteroatoms. The maximum Gasteiger partial charge on any atom is 0.276 e. The Bertz CT molecular complexity index is 1080. The molecule has 2 heterocycles. The molecule has 5 N–H and O–H groups in total. The molecule has 1 aromatic carbocycles. The number of nitrogens with two attached hydrogens (primary N) is 2. The number of benzene rings is 1. The molecule has 1 atom stereocenters. The van der Waals surface area contributed by atoms with E-state index in [0.29, 0.717) is 12.4 Å². The van der Waals surface area contributed by atoms with Crippen LogP contribution in [0.15, 0.2) is 30.5 Å². The van der Waals surface area contributed by atoms with Gasteiger partial charge < -0.3 is 21.5 Å². The first-order valence-electron chi connectivity index (χ1n) is 8.90. The summed E-state index contributed by atoms with van der Waals surface area (Å²) in [6.07, 6.45) is 1.34. The van der Waals surface area contributed by atoms with Crippen LogP contribution in [0.3, 0.4) is 0 Å². The molecule has 172 valence electrons. The standard InChI is InChI=1S/C19H17ClF3N5O2S.ClH/c20-5-9(6-24)8-30-19-14(7-26-31-19)27-18(29)17-13(25)4-12(23)16(28-17)15-10(21)2-1-3-11(15)22;/h1-4,7,9H,5-6,8,24-25H2,(H,27,29);1H. The van der Waals surface area contributed by atoms with Crippen molar-refractivity contribution in [2.75, 3.05) is 30.1 Å². The number of carbonyl (C=O) groups is 1. The SMILES string of the molecule is Cl.NCC(CCl)COc1sncc1NC(=O)c1nc(-c2c(F)cccc2F)c(F)cc1N. The van der Waals surface area contributed by atoms with E-state index in [1.54, 1.807) is 0 Å². The van der Waals surface area contributed by atoms with Crippen LogP contribution in [0.25, 0.3) is 11.3 Å². The fourth-order valence-electron chi connectivity index (χ4n) is 2.55. The first-order chi connectivity index (χ1) is 14.8. The number of pyridine rings is 1. The molecule has 0 aliphatic rings. The highest BCUT2D eigenvalue weighted by Gasteiger charge is 2.23. The minimum atomic E-state index is -1.08. The molecule has 2 aromatic heterocycles. The molecule has 0 saturated carbocycles. The van der Waals surface area contributed by atoms with Crippen LogP contribution in [0.2, 0.25) is 0 Å². The Labute approximate surface area is 196 Å². The fourth-order valence-corrected chi connectivity index (χ4v) is 3.34. The van der Waals surface area contributed by atoms with E-state index in [-0.39, 0.29) is 41.4 Å². The van der Waals surface area contributed by atoms with E-state index in [1.165, 1.54) is 6.20 Å². The lowest BCUT2D eigenvalue weighted by molar-refractivity contribution is 0.102. The van der Waals surface area contributed by atoms with Crippen LogP contribution < -0.4 is 21.5 Å². The van der Waals surface area contributed by atoms with E-state index in [9.17, 15) is 18.0 Å². The number of nitrogens with one attached hydrogen (secondary N) is 1. The van der Waals surface area contributed by atoms with E-state index in [2.05, 4.69) is 14.7 Å². The van der Waals surface area contributed by atoms with Gasteiger partial charge in [0.25, 0.3) is 5.91 Å². The van der Waals surface area contributed by atoms with Gasteiger partial charge in [-0.3, -0.25) is 4.79 Å². The molecule has 0 fully saturated rings. The van der Waals surface area contributed by atoms with Crippen LogP contribution >= 0.6 is 35.5 Å². The smallest absolute Gasteiger partial charge is 0.276 e. The predicted octanol–water partition coefficient (Wildman–Crippen LogP) is 4.07. The number of anilines is 2. The summed E-state index contributed by atoms with van der Waals surface area (Å²) in [5.74, 6) is -3.79. The van der Waals surface area contributed by atoms with Gasteiger partial charge in [0.2, 0.25) is 5.06 Å². The molecular formula is C19H18Cl2F3N5O2S. The van der Waals surface area contributed by atoms with Gasteiger partial charge in [-0.2, -0.15) is 4.37 Å². The highest BCUT2D eigenvalue weighted by molar-refractivity contribution is 7.08. The number of alkyl halides is 1. The number of nitrogen functional groups attached to an aromatic ring is 1. The summed E-state index contributed by atoms with van der Waals surface area (Å²) in [6.45, 7) is 0.522. The summed E-state index contributed by atoms with van der Waals surface area (Å²) < 4.78 is 52.1. The second-order valence-corrected chi connectivity index (χ2v) is 7.47. The fraction of sp³-hybridized carbons (Fsp3) is 0.211. The second kappa shape index (κ2) is 11.3. The molecule has 7 nitrogen and oxygen atoms in total. The Morgan fingerprint density at radius 2 is 1.94 bits per heavy atom. The van der Waals surface area contributed by atoms with Crippen molar-refractivity contribution in [3.63, 3.8) is 0 Å². The summed E-state index contributed by atoms with van der Waals surface area (Å²) in [6, 6.07) is 3.80. The average molecular weight is 508 g/mol. The van der Waals surface area contributed by atoms with Crippen LogP contribution in [0.5, 0.6) is 5.06 Å². The Hall–Kier alpha value is -2.60. The molecule has 0 aliphatic heterocycles. The van der Waals surface area contributed by atoms with Crippen molar-refractivity contribution in [2.45, 2.75) is 0 Å². The molecule has 0 saturated heterocycles. The zero-order valence-electron chi connectivity index (χ0n) is 16.3. The van der Waals surface area contributed by atoms with Crippen molar-refractivity contribution in [3.05, 3.63) is 53.6 Å². The number of hydrogen-bond donors (Lipinski definition) is 3. The summed E-state index contributed by atoms with van der Waals surface area (Å²) in [5, 5.41) is 2.79. The minimum absolute atomic E-state index is 0. The number of amides is 1. The van der Waals surface area contributed by atoms with Crippen molar-refractivity contribution in [1.29, 1.82) is 0 Å². The average Bonchev–Trinajstić information content (AvgIpc) is 3.16. The molecule has 0 radical (unpaired) electrons. The van der Waals surface area contributed by atoms with Crippen LogP contribution in [-0.2, 0) is 0 Å². The zero-order chi connectivity index (χ0) is 22.5. The van der Waals surface area contributed by atoms with Gasteiger partial charge >= 0.3 is 0 Å². The van der Waals surface area contributed by atoms with Gasteiger partial charge in [-0.25, -0.2) is 18.2 Å². The largest absolute Gasteiger partial charge is 0.481 e. The quantitative estimate of drug-likeness (QED) is 0.395. The topological polar surface area (TPSA) is 116 Å². The third-order valence-electron chi connectivity index (χ3n) is 4.21. The number of hydrogen-bond acceptors (Lipinski definition) is 7. The molecule has 1 unspecified atom stereocenters. The van der Waals surface area contributed by atoms with Gasteiger partial charge in [0.15, 0.2) is 11.5 Å². The molecular weight excluding hydrogens is 490 g/mol. The van der Waals surface area contributed by atoms with Crippen LogP contribution in [0.4, 0.5) is 24.5 Å². The number of rotatable bonds is 8. The van der Waals surface area contributed by atoms with Gasteiger partial charge in [0.05, 0.1) is 24.1 Å². The van der Waals surface area contributed by atoms with Gasteiger partial charge in [0.1, 0.15) is 23.0 Å². The maximum atomic E-state index is 14.4. The van der Waals surface area contributed by atoms with E-state index in [0.717, 1.165) is 35.8 Å². The molecule has 0 spiro atoms. The normalized spacial score (nSPS) is 11.5. The van der Waals surface area contributed by atoms with E-state index in [4.69, 9.17) is 27.8 Å². The summed E-state index contributed by atoms with van der Waals surface area (Å²) >= 11 is 6.76. The summed E-state index contributed by atoms with van der Waals surface area (Å²) in [7, 11) is 0. The molecule has 32 heavy (non-hydrogen) atoms. The Morgan fingerprint density at radius 3 is 2.56 bits per heavy atom. The highest BCUT2D eigenvalue weighted by Crippen LogP contribution is 2.32. The molecule has 3 aromatic rings. The van der Waals surface area contributed by atoms with E-state index in [1.807, 2.05) is 0 Å². The molecule has 0 bridgehead atoms. The van der Waals surface area contributed by atoms with Crippen molar-refractivity contribution in [2.24, 2.45) is 11.7 Å². The number of nitrogens with zero attached hydrogens (tertiary/aromatic N) is 2. The summed E-state index contributed by atoms with van der Waals surface area (Å²) in [4.78, 5) is 16.5. The lowest BCUT2D eigenvalue weighted by Gasteiger charge is -2.13. The van der Waals surface area contributed by atoms with Crippen molar-refractivity contribution in [3.8, 4) is 16.3 Å². The number of carbonyl (C=O) groups excluding carboxylic acids is 1.